The molecule has 4 rings (SSSR count). The molecule has 1 aliphatic heterocycles. The summed E-state index contributed by atoms with van der Waals surface area (Å²) in [6, 6.07) is 13.0. The maximum Gasteiger partial charge on any atom is 0.236 e. The number of likely N-dealkylation sites (N-methyl/N-ethyl adjacent to an activating group) is 1. The van der Waals surface area contributed by atoms with Gasteiger partial charge in [-0.2, -0.15) is 4.98 Å². The molecule has 0 aliphatic carbocycles. The Kier molecular flexibility index (Phi) is 5.57. The first-order valence-corrected chi connectivity index (χ1v) is 11.3. The quantitative estimate of drug-likeness (QED) is 0.590. The molecule has 0 bridgehead atoms. The van der Waals surface area contributed by atoms with Gasteiger partial charge in [-0.3, -0.25) is 0 Å². The molecule has 0 saturated carbocycles. The van der Waals surface area contributed by atoms with Gasteiger partial charge in [-0.15, -0.1) is 0 Å². The molecule has 6 nitrogen and oxygen atoms in total. The SMILES string of the molecule is CN1CCN(c2oc(-c3ccc(Cl)cc3)nc2S(=O)(=O)c2ccc(Cl)cc2)CC1. The molecule has 1 aliphatic rings. The maximum absolute atomic E-state index is 13.3. The Hall–Kier alpha value is -2.06. The molecule has 0 atom stereocenters. The van der Waals surface area contributed by atoms with Crippen molar-refractivity contribution in [3.8, 4) is 11.5 Å². The molecule has 0 spiro atoms. The van der Waals surface area contributed by atoms with Crippen molar-refractivity contribution in [2.75, 3.05) is 38.1 Å². The molecule has 152 valence electrons. The highest BCUT2D eigenvalue weighted by Gasteiger charge is 2.32. The monoisotopic (exact) mass is 451 g/mol. The van der Waals surface area contributed by atoms with Crippen LogP contribution in [0.5, 0.6) is 0 Å². The average Bonchev–Trinajstić information content (AvgIpc) is 3.16. The second-order valence-electron chi connectivity index (χ2n) is 6.88. The van der Waals surface area contributed by atoms with Crippen molar-refractivity contribution in [1.82, 2.24) is 9.88 Å². The second-order valence-corrected chi connectivity index (χ2v) is 9.62. The fraction of sp³-hybridized carbons (Fsp3) is 0.250. The molecule has 0 unspecified atom stereocenters. The van der Waals surface area contributed by atoms with Gasteiger partial charge in [-0.25, -0.2) is 8.42 Å². The Labute approximate surface area is 179 Å². The molecule has 9 heteroatoms. The molecular weight excluding hydrogens is 433 g/mol. The number of hydrogen-bond donors (Lipinski definition) is 0. The summed E-state index contributed by atoms with van der Waals surface area (Å²) in [5.41, 5.74) is 0.655. The fourth-order valence-electron chi connectivity index (χ4n) is 3.12. The lowest BCUT2D eigenvalue weighted by atomic mass is 10.2. The van der Waals surface area contributed by atoms with Crippen LogP contribution in [0.4, 0.5) is 5.88 Å². The van der Waals surface area contributed by atoms with Crippen molar-refractivity contribution in [2.45, 2.75) is 9.92 Å². The summed E-state index contributed by atoms with van der Waals surface area (Å²) >= 11 is 11.9. The minimum absolute atomic E-state index is 0.0886. The number of aromatic nitrogens is 1. The molecule has 0 amide bonds. The number of benzene rings is 2. The first-order chi connectivity index (χ1) is 13.8. The van der Waals surface area contributed by atoms with E-state index in [1.807, 2.05) is 11.9 Å². The van der Waals surface area contributed by atoms with E-state index in [9.17, 15) is 8.42 Å². The largest absolute Gasteiger partial charge is 0.419 e. The normalized spacial score (nSPS) is 15.6. The van der Waals surface area contributed by atoms with Gasteiger partial charge in [-0.05, 0) is 55.6 Å². The molecule has 1 aromatic heterocycles. The van der Waals surface area contributed by atoms with Crippen molar-refractivity contribution in [2.24, 2.45) is 0 Å². The van der Waals surface area contributed by atoms with E-state index in [-0.39, 0.29) is 21.7 Å². The number of hydrogen-bond acceptors (Lipinski definition) is 6. The third kappa shape index (κ3) is 4.14. The first-order valence-electron chi connectivity index (χ1n) is 9.05. The van der Waals surface area contributed by atoms with Crippen LogP contribution in [0, 0.1) is 0 Å². The Bertz CT molecular complexity index is 1100. The topological polar surface area (TPSA) is 66.7 Å². The predicted molar refractivity (Wildman–Crippen MR) is 114 cm³/mol. The number of piperazine rings is 1. The van der Waals surface area contributed by atoms with Crippen molar-refractivity contribution >= 4 is 38.9 Å². The lowest BCUT2D eigenvalue weighted by molar-refractivity contribution is 0.305. The van der Waals surface area contributed by atoms with E-state index < -0.39 is 9.84 Å². The van der Waals surface area contributed by atoms with Gasteiger partial charge in [0, 0.05) is 41.8 Å². The van der Waals surface area contributed by atoms with Gasteiger partial charge < -0.3 is 14.2 Å². The Balaban J connectivity index is 1.82. The van der Waals surface area contributed by atoms with Crippen LogP contribution in [-0.2, 0) is 9.84 Å². The third-order valence-electron chi connectivity index (χ3n) is 4.84. The molecule has 0 N–H and O–H groups in total. The number of nitrogens with zero attached hydrogens (tertiary/aromatic N) is 3. The van der Waals surface area contributed by atoms with Crippen LogP contribution in [-0.4, -0.2) is 51.5 Å². The maximum atomic E-state index is 13.3. The molecule has 2 heterocycles. The van der Waals surface area contributed by atoms with E-state index >= 15 is 0 Å². The van der Waals surface area contributed by atoms with E-state index in [0.29, 0.717) is 28.7 Å². The van der Waals surface area contributed by atoms with Crippen LogP contribution in [0.2, 0.25) is 10.0 Å². The van der Waals surface area contributed by atoms with Gasteiger partial charge in [-0.1, -0.05) is 23.2 Å². The third-order valence-corrected chi connectivity index (χ3v) is 7.01. The summed E-state index contributed by atoms with van der Waals surface area (Å²) in [5, 5.41) is 0.952. The van der Waals surface area contributed by atoms with Crippen LogP contribution in [0.3, 0.4) is 0 Å². The second kappa shape index (κ2) is 7.99. The van der Waals surface area contributed by atoms with Gasteiger partial charge in [0.25, 0.3) is 0 Å². The highest BCUT2D eigenvalue weighted by molar-refractivity contribution is 7.91. The molecule has 1 saturated heterocycles. The van der Waals surface area contributed by atoms with E-state index in [1.54, 1.807) is 36.4 Å². The Morgan fingerprint density at radius 3 is 2.03 bits per heavy atom. The number of anilines is 1. The Morgan fingerprint density at radius 1 is 0.897 bits per heavy atom. The minimum atomic E-state index is -3.89. The zero-order valence-electron chi connectivity index (χ0n) is 15.7. The fourth-order valence-corrected chi connectivity index (χ4v) is 4.70. The smallest absolute Gasteiger partial charge is 0.236 e. The minimum Gasteiger partial charge on any atom is -0.419 e. The zero-order valence-corrected chi connectivity index (χ0v) is 18.0. The van der Waals surface area contributed by atoms with Gasteiger partial charge >= 0.3 is 0 Å². The van der Waals surface area contributed by atoms with Gasteiger partial charge in [0.15, 0.2) is 0 Å². The van der Waals surface area contributed by atoms with E-state index in [1.165, 1.54) is 12.1 Å². The van der Waals surface area contributed by atoms with Gasteiger partial charge in [0.1, 0.15) is 0 Å². The van der Waals surface area contributed by atoms with Crippen LogP contribution < -0.4 is 4.90 Å². The first kappa shape index (κ1) is 20.2. The predicted octanol–water partition coefficient (Wildman–Crippen LogP) is 4.23. The summed E-state index contributed by atoms with van der Waals surface area (Å²) in [4.78, 5) is 8.61. The van der Waals surface area contributed by atoms with Crippen molar-refractivity contribution < 1.29 is 12.8 Å². The number of oxazole rings is 1. The number of rotatable bonds is 4. The molecule has 3 aromatic rings. The highest BCUT2D eigenvalue weighted by atomic mass is 35.5. The van der Waals surface area contributed by atoms with Crippen LogP contribution in [0.25, 0.3) is 11.5 Å². The summed E-state index contributed by atoms with van der Waals surface area (Å²) in [5.74, 6) is 0.501. The lowest BCUT2D eigenvalue weighted by Crippen LogP contribution is -2.44. The highest BCUT2D eigenvalue weighted by Crippen LogP contribution is 2.35. The van der Waals surface area contributed by atoms with Gasteiger partial charge in [0.05, 0.1) is 4.90 Å². The lowest BCUT2D eigenvalue weighted by Gasteiger charge is -2.32. The van der Waals surface area contributed by atoms with E-state index in [2.05, 4.69) is 9.88 Å². The van der Waals surface area contributed by atoms with Crippen molar-refractivity contribution in [3.05, 3.63) is 58.6 Å². The van der Waals surface area contributed by atoms with Crippen LogP contribution in [0.15, 0.2) is 62.9 Å². The molecular formula is C20H19Cl2N3O3S. The Morgan fingerprint density at radius 2 is 1.45 bits per heavy atom. The van der Waals surface area contributed by atoms with E-state index in [4.69, 9.17) is 27.6 Å². The summed E-state index contributed by atoms with van der Waals surface area (Å²) in [6.45, 7) is 2.90. The standard InChI is InChI=1S/C20H19Cl2N3O3S/c1-24-10-12-25(13-11-24)20-19(29(26,27)17-8-6-16(22)7-9-17)23-18(28-20)14-2-4-15(21)5-3-14/h2-9H,10-13H2,1H3. The molecule has 0 radical (unpaired) electrons. The summed E-state index contributed by atoms with van der Waals surface area (Å²) < 4.78 is 32.7. The van der Waals surface area contributed by atoms with Crippen LogP contribution >= 0.6 is 23.2 Å². The number of sulfone groups is 1. The summed E-state index contributed by atoms with van der Waals surface area (Å²) in [7, 11) is -1.86. The molecule has 1 fully saturated rings. The molecule has 29 heavy (non-hydrogen) atoms. The van der Waals surface area contributed by atoms with Gasteiger partial charge in [0.2, 0.25) is 26.6 Å². The van der Waals surface area contributed by atoms with E-state index in [0.717, 1.165) is 13.1 Å². The van der Waals surface area contributed by atoms with Crippen molar-refractivity contribution in [1.29, 1.82) is 0 Å². The molecule has 2 aromatic carbocycles. The summed E-state index contributed by atoms with van der Waals surface area (Å²) in [6.07, 6.45) is 0. The zero-order chi connectivity index (χ0) is 20.6. The van der Waals surface area contributed by atoms with Crippen molar-refractivity contribution in [3.63, 3.8) is 0 Å². The average molecular weight is 452 g/mol. The number of halogens is 2. The van der Waals surface area contributed by atoms with Crippen LogP contribution in [0.1, 0.15) is 0 Å².